The summed E-state index contributed by atoms with van der Waals surface area (Å²) in [5.74, 6) is -0.458. The van der Waals surface area contributed by atoms with E-state index in [0.29, 0.717) is 0 Å². The number of alkyl halides is 3. The average molecular weight is 288 g/mol. The van der Waals surface area contributed by atoms with Gasteiger partial charge in [-0.2, -0.15) is 13.2 Å². The number of halogens is 3. The maximum atomic E-state index is 12.7. The van der Waals surface area contributed by atoms with Crippen molar-refractivity contribution < 1.29 is 18.0 Å². The van der Waals surface area contributed by atoms with Gasteiger partial charge in [0.15, 0.2) is 0 Å². The maximum Gasteiger partial charge on any atom is 0.416 e. The third-order valence-corrected chi connectivity index (χ3v) is 2.87. The predicted molar refractivity (Wildman–Crippen MR) is 68.1 cm³/mol. The third-order valence-electron chi connectivity index (χ3n) is 2.87. The lowest BCUT2D eigenvalue weighted by atomic mass is 10.2. The number of nitrogens with zero attached hydrogens (tertiary/aromatic N) is 2. The quantitative estimate of drug-likeness (QED) is 0.878. The Balaban J connectivity index is 2.10. The van der Waals surface area contributed by atoms with Crippen LogP contribution in [0.25, 0.3) is 0 Å². The number of anilines is 2. The van der Waals surface area contributed by atoms with E-state index in [1.165, 1.54) is 11.9 Å². The standard InChI is InChI=1S/C12H15F3N4O/c1-19(6-11(20)17-8-2-3-8)10-5-7(12(13,14)15)4-9(16)18-10/h4-5,8H,2-3,6H2,1H3,(H2,16,18)(H,17,20). The molecule has 5 nitrogen and oxygen atoms in total. The van der Waals surface area contributed by atoms with E-state index in [2.05, 4.69) is 10.3 Å². The van der Waals surface area contributed by atoms with Crippen LogP contribution in [0.15, 0.2) is 12.1 Å². The minimum Gasteiger partial charge on any atom is -0.384 e. The van der Waals surface area contributed by atoms with E-state index in [4.69, 9.17) is 5.73 Å². The molecule has 0 bridgehead atoms. The predicted octanol–water partition coefficient (Wildman–Crippen LogP) is 1.40. The first kappa shape index (κ1) is 14.4. The Labute approximate surface area is 114 Å². The molecule has 1 amide bonds. The van der Waals surface area contributed by atoms with Gasteiger partial charge in [-0.3, -0.25) is 4.79 Å². The summed E-state index contributed by atoms with van der Waals surface area (Å²) in [4.78, 5) is 16.8. The van der Waals surface area contributed by atoms with Gasteiger partial charge >= 0.3 is 6.18 Å². The van der Waals surface area contributed by atoms with Crippen LogP contribution in [0.5, 0.6) is 0 Å². The molecule has 0 unspecified atom stereocenters. The van der Waals surface area contributed by atoms with E-state index in [1.54, 1.807) is 0 Å². The molecule has 1 fully saturated rings. The lowest BCUT2D eigenvalue weighted by molar-refractivity contribution is -0.137. The van der Waals surface area contributed by atoms with Crippen LogP contribution in [0, 0.1) is 0 Å². The van der Waals surface area contributed by atoms with Crippen LogP contribution in [0.2, 0.25) is 0 Å². The number of nitrogen functional groups attached to an aromatic ring is 1. The van der Waals surface area contributed by atoms with E-state index in [0.717, 1.165) is 25.0 Å². The highest BCUT2D eigenvalue weighted by Gasteiger charge is 2.32. The van der Waals surface area contributed by atoms with Crippen LogP contribution in [0.3, 0.4) is 0 Å². The molecular formula is C12H15F3N4O. The summed E-state index contributed by atoms with van der Waals surface area (Å²) in [6, 6.07) is 1.85. The third kappa shape index (κ3) is 3.75. The van der Waals surface area contributed by atoms with Gasteiger partial charge in [0, 0.05) is 13.1 Å². The fraction of sp³-hybridized carbons (Fsp3) is 0.500. The highest BCUT2D eigenvalue weighted by molar-refractivity contribution is 5.81. The molecule has 1 saturated carbocycles. The molecule has 8 heteroatoms. The number of hydrogen-bond acceptors (Lipinski definition) is 4. The zero-order valence-electron chi connectivity index (χ0n) is 10.9. The molecule has 0 atom stereocenters. The minimum absolute atomic E-state index is 0.0169. The largest absolute Gasteiger partial charge is 0.416 e. The van der Waals surface area contributed by atoms with Crippen molar-refractivity contribution in [2.75, 3.05) is 24.2 Å². The summed E-state index contributed by atoms with van der Waals surface area (Å²) >= 11 is 0. The number of aromatic nitrogens is 1. The summed E-state index contributed by atoms with van der Waals surface area (Å²) in [7, 11) is 1.49. The Morgan fingerprint density at radius 2 is 2.15 bits per heavy atom. The van der Waals surface area contributed by atoms with Gasteiger partial charge < -0.3 is 16.0 Å². The highest BCUT2D eigenvalue weighted by atomic mass is 19.4. The first-order chi connectivity index (χ1) is 9.25. The number of carbonyl (C=O) groups is 1. The van der Waals surface area contributed by atoms with Crippen LogP contribution in [-0.2, 0) is 11.0 Å². The number of hydrogen-bond donors (Lipinski definition) is 2. The van der Waals surface area contributed by atoms with Crippen LogP contribution < -0.4 is 16.0 Å². The zero-order valence-corrected chi connectivity index (χ0v) is 10.9. The van der Waals surface area contributed by atoms with Crippen molar-refractivity contribution in [3.05, 3.63) is 17.7 Å². The molecule has 2 rings (SSSR count). The van der Waals surface area contributed by atoms with Crippen LogP contribution >= 0.6 is 0 Å². The average Bonchev–Trinajstić information content (AvgIpc) is 3.10. The Bertz CT molecular complexity index is 514. The van der Waals surface area contributed by atoms with Crippen molar-refractivity contribution in [2.45, 2.75) is 25.1 Å². The molecular weight excluding hydrogens is 273 g/mol. The van der Waals surface area contributed by atoms with Crippen molar-refractivity contribution in [3.8, 4) is 0 Å². The summed E-state index contributed by atoms with van der Waals surface area (Å²) in [5, 5.41) is 2.75. The fourth-order valence-electron chi connectivity index (χ4n) is 1.69. The summed E-state index contributed by atoms with van der Waals surface area (Å²) in [6.07, 6.45) is -2.60. The van der Waals surface area contributed by atoms with Crippen LogP contribution in [0.1, 0.15) is 18.4 Å². The number of carbonyl (C=O) groups excluding carboxylic acids is 1. The monoisotopic (exact) mass is 288 g/mol. The van der Waals surface area contributed by atoms with Gasteiger partial charge in [-0.05, 0) is 25.0 Å². The SMILES string of the molecule is CN(CC(=O)NC1CC1)c1cc(C(F)(F)F)cc(N)n1. The van der Waals surface area contributed by atoms with Gasteiger partial charge in [-0.1, -0.05) is 0 Å². The van der Waals surface area contributed by atoms with Crippen molar-refractivity contribution in [3.63, 3.8) is 0 Å². The first-order valence-corrected chi connectivity index (χ1v) is 6.11. The number of nitrogens with two attached hydrogens (primary N) is 1. The molecule has 3 N–H and O–H groups in total. The van der Waals surface area contributed by atoms with E-state index in [1.807, 2.05) is 0 Å². The Hall–Kier alpha value is -1.99. The highest BCUT2D eigenvalue weighted by Crippen LogP contribution is 2.32. The first-order valence-electron chi connectivity index (χ1n) is 6.11. The van der Waals surface area contributed by atoms with Crippen LogP contribution in [0.4, 0.5) is 24.8 Å². The van der Waals surface area contributed by atoms with Crippen molar-refractivity contribution in [1.82, 2.24) is 10.3 Å². The molecule has 0 spiro atoms. The van der Waals surface area contributed by atoms with Crippen molar-refractivity contribution in [1.29, 1.82) is 0 Å². The van der Waals surface area contributed by atoms with Crippen molar-refractivity contribution >= 4 is 17.5 Å². The normalized spacial score (nSPS) is 15.0. The molecule has 1 aromatic heterocycles. The fourth-order valence-corrected chi connectivity index (χ4v) is 1.69. The molecule has 110 valence electrons. The van der Waals surface area contributed by atoms with Gasteiger partial charge in [0.1, 0.15) is 11.6 Å². The smallest absolute Gasteiger partial charge is 0.384 e. The van der Waals surface area contributed by atoms with E-state index in [9.17, 15) is 18.0 Å². The number of amides is 1. The lowest BCUT2D eigenvalue weighted by Crippen LogP contribution is -2.36. The van der Waals surface area contributed by atoms with Crippen LogP contribution in [-0.4, -0.2) is 30.5 Å². The number of likely N-dealkylation sites (N-methyl/N-ethyl adjacent to an activating group) is 1. The van der Waals surface area contributed by atoms with Crippen molar-refractivity contribution in [2.24, 2.45) is 0 Å². The summed E-state index contributed by atoms with van der Waals surface area (Å²) in [6.45, 7) is -0.0652. The molecule has 0 aliphatic heterocycles. The molecule has 0 aromatic carbocycles. The summed E-state index contributed by atoms with van der Waals surface area (Å²) < 4.78 is 38.0. The molecule has 1 aromatic rings. The number of rotatable bonds is 4. The molecule has 1 aliphatic rings. The lowest BCUT2D eigenvalue weighted by Gasteiger charge is -2.19. The second-order valence-electron chi connectivity index (χ2n) is 4.83. The topological polar surface area (TPSA) is 71.2 Å². The van der Waals surface area contributed by atoms with Gasteiger partial charge in [0.05, 0.1) is 12.1 Å². The Kier molecular flexibility index (Phi) is 3.74. The van der Waals surface area contributed by atoms with Gasteiger partial charge in [-0.15, -0.1) is 0 Å². The molecule has 0 saturated heterocycles. The zero-order chi connectivity index (χ0) is 14.9. The molecule has 20 heavy (non-hydrogen) atoms. The van der Waals surface area contributed by atoms with E-state index in [-0.39, 0.29) is 30.1 Å². The Morgan fingerprint density at radius 1 is 1.50 bits per heavy atom. The van der Waals surface area contributed by atoms with E-state index >= 15 is 0 Å². The van der Waals surface area contributed by atoms with Gasteiger partial charge in [-0.25, -0.2) is 4.98 Å². The molecule has 1 aliphatic carbocycles. The summed E-state index contributed by atoms with van der Waals surface area (Å²) in [5.41, 5.74) is 4.50. The minimum atomic E-state index is -4.50. The maximum absolute atomic E-state index is 12.7. The second-order valence-corrected chi connectivity index (χ2v) is 4.83. The van der Waals surface area contributed by atoms with E-state index < -0.39 is 11.7 Å². The number of pyridine rings is 1. The van der Waals surface area contributed by atoms with Gasteiger partial charge in [0.25, 0.3) is 0 Å². The Morgan fingerprint density at radius 3 is 2.70 bits per heavy atom. The molecule has 1 heterocycles. The second kappa shape index (κ2) is 5.18. The van der Waals surface area contributed by atoms with Gasteiger partial charge in [0.2, 0.25) is 5.91 Å². The number of nitrogens with one attached hydrogen (secondary N) is 1. The molecule has 0 radical (unpaired) electrons.